The molecule has 0 amide bonds. The quantitative estimate of drug-likeness (QED) is 0.700. The lowest BCUT2D eigenvalue weighted by atomic mass is 9.91. The molecule has 18 heavy (non-hydrogen) atoms. The molecule has 3 heteroatoms. The minimum Gasteiger partial charge on any atom is -0.394 e. The molecule has 0 radical (unpaired) electrons. The molecule has 3 nitrogen and oxygen atoms in total. The lowest BCUT2D eigenvalue weighted by Crippen LogP contribution is -2.46. The Hall–Kier alpha value is -0.120. The Bertz CT molecular complexity index is 220. The van der Waals surface area contributed by atoms with Crippen molar-refractivity contribution in [2.75, 3.05) is 20.2 Å². The molecule has 0 saturated carbocycles. The van der Waals surface area contributed by atoms with Crippen LogP contribution in [0.5, 0.6) is 0 Å². The molecule has 0 aromatic heterocycles. The fourth-order valence-corrected chi connectivity index (χ4v) is 3.32. The molecule has 1 aliphatic heterocycles. The zero-order chi connectivity index (χ0) is 13.6. The Labute approximate surface area is 113 Å². The predicted molar refractivity (Wildman–Crippen MR) is 77.9 cm³/mol. The van der Waals surface area contributed by atoms with Gasteiger partial charge in [0.25, 0.3) is 0 Å². The summed E-state index contributed by atoms with van der Waals surface area (Å²) in [6, 6.07) is 1.54. The molecule has 0 aliphatic carbocycles. The van der Waals surface area contributed by atoms with Crippen LogP contribution in [0.15, 0.2) is 0 Å². The molecular formula is C15H32N2O. The summed E-state index contributed by atoms with van der Waals surface area (Å²) in [5, 5.41) is 12.9. The van der Waals surface area contributed by atoms with Gasteiger partial charge < -0.3 is 10.4 Å². The van der Waals surface area contributed by atoms with E-state index in [1.54, 1.807) is 0 Å². The fraction of sp³-hybridized carbons (Fsp3) is 1.00. The topological polar surface area (TPSA) is 35.5 Å². The van der Waals surface area contributed by atoms with Crippen molar-refractivity contribution in [2.24, 2.45) is 0 Å². The Morgan fingerprint density at radius 3 is 2.56 bits per heavy atom. The number of likely N-dealkylation sites (tertiary alicyclic amines) is 1. The van der Waals surface area contributed by atoms with E-state index in [0.29, 0.717) is 0 Å². The van der Waals surface area contributed by atoms with E-state index in [9.17, 15) is 5.11 Å². The van der Waals surface area contributed by atoms with Gasteiger partial charge in [0.2, 0.25) is 0 Å². The molecule has 3 atom stereocenters. The van der Waals surface area contributed by atoms with Gasteiger partial charge in [-0.2, -0.15) is 0 Å². The number of aliphatic hydroxyl groups excluding tert-OH is 1. The van der Waals surface area contributed by atoms with E-state index in [4.69, 9.17) is 0 Å². The van der Waals surface area contributed by atoms with Gasteiger partial charge in [-0.05, 0) is 59.0 Å². The Balaban J connectivity index is 2.40. The Morgan fingerprint density at radius 2 is 2.06 bits per heavy atom. The molecule has 3 unspecified atom stereocenters. The first-order valence-electron chi connectivity index (χ1n) is 7.68. The van der Waals surface area contributed by atoms with Crippen molar-refractivity contribution >= 4 is 0 Å². The van der Waals surface area contributed by atoms with Crippen molar-refractivity contribution in [2.45, 2.75) is 76.9 Å². The van der Waals surface area contributed by atoms with E-state index in [2.05, 4.69) is 31.0 Å². The summed E-state index contributed by atoms with van der Waals surface area (Å²) in [6.45, 7) is 8.23. The highest BCUT2D eigenvalue weighted by molar-refractivity contribution is 4.87. The van der Waals surface area contributed by atoms with E-state index >= 15 is 0 Å². The first-order chi connectivity index (χ1) is 8.62. The van der Waals surface area contributed by atoms with Gasteiger partial charge in [0.1, 0.15) is 0 Å². The van der Waals surface area contributed by atoms with Crippen molar-refractivity contribution < 1.29 is 5.11 Å². The highest BCUT2D eigenvalue weighted by Gasteiger charge is 2.30. The normalized spacial score (nSPS) is 28.5. The summed E-state index contributed by atoms with van der Waals surface area (Å²) in [4.78, 5) is 2.67. The van der Waals surface area contributed by atoms with Gasteiger partial charge in [-0.3, -0.25) is 4.90 Å². The van der Waals surface area contributed by atoms with Crippen LogP contribution in [0.1, 0.15) is 59.3 Å². The number of hydrogen-bond acceptors (Lipinski definition) is 3. The third-order valence-corrected chi connectivity index (χ3v) is 5.01. The number of nitrogens with zero attached hydrogens (tertiary/aromatic N) is 1. The molecular weight excluding hydrogens is 224 g/mol. The monoisotopic (exact) mass is 256 g/mol. The Morgan fingerprint density at radius 1 is 1.33 bits per heavy atom. The van der Waals surface area contributed by atoms with Crippen molar-refractivity contribution in [3.05, 3.63) is 0 Å². The number of aliphatic hydroxyl groups is 1. The van der Waals surface area contributed by atoms with Gasteiger partial charge >= 0.3 is 0 Å². The second-order valence-electron chi connectivity index (χ2n) is 5.87. The smallest absolute Gasteiger partial charge is 0.0613 e. The average molecular weight is 256 g/mol. The molecule has 108 valence electrons. The maximum atomic E-state index is 9.54. The maximum absolute atomic E-state index is 9.54. The maximum Gasteiger partial charge on any atom is 0.0613 e. The van der Waals surface area contributed by atoms with Gasteiger partial charge in [-0.25, -0.2) is 0 Å². The molecule has 0 spiro atoms. The van der Waals surface area contributed by atoms with Crippen LogP contribution in [0.2, 0.25) is 0 Å². The summed E-state index contributed by atoms with van der Waals surface area (Å²) in [5.74, 6) is 0. The molecule has 2 N–H and O–H groups in total. The van der Waals surface area contributed by atoms with Crippen LogP contribution in [0, 0.1) is 0 Å². The number of likely N-dealkylation sites (N-methyl/N-ethyl adjacent to an activating group) is 1. The second kappa shape index (κ2) is 7.46. The molecule has 1 rings (SSSR count). The van der Waals surface area contributed by atoms with Gasteiger partial charge in [0, 0.05) is 17.6 Å². The molecule has 0 bridgehead atoms. The summed E-state index contributed by atoms with van der Waals surface area (Å²) < 4.78 is 0. The summed E-state index contributed by atoms with van der Waals surface area (Å²) in [7, 11) is 1.97. The van der Waals surface area contributed by atoms with Crippen LogP contribution in [0.4, 0.5) is 0 Å². The first kappa shape index (κ1) is 15.9. The van der Waals surface area contributed by atoms with Gasteiger partial charge in [0.05, 0.1) is 6.61 Å². The summed E-state index contributed by atoms with van der Waals surface area (Å²) >= 11 is 0. The SMILES string of the molecule is CCC1CCC(C)N1CCCC(CC)(CO)NC. The summed E-state index contributed by atoms with van der Waals surface area (Å²) in [6.07, 6.45) is 7.22. The number of rotatable bonds is 8. The van der Waals surface area contributed by atoms with Crippen LogP contribution in [-0.2, 0) is 0 Å². The van der Waals surface area contributed by atoms with Crippen LogP contribution in [0.25, 0.3) is 0 Å². The first-order valence-corrected chi connectivity index (χ1v) is 7.68. The van der Waals surface area contributed by atoms with E-state index in [1.807, 2.05) is 7.05 Å². The molecule has 0 aromatic carbocycles. The third kappa shape index (κ3) is 3.69. The molecule has 1 fully saturated rings. The second-order valence-corrected chi connectivity index (χ2v) is 5.87. The van der Waals surface area contributed by atoms with Crippen molar-refractivity contribution in [1.29, 1.82) is 0 Å². The van der Waals surface area contributed by atoms with Gasteiger partial charge in [-0.1, -0.05) is 13.8 Å². The summed E-state index contributed by atoms with van der Waals surface area (Å²) in [5.41, 5.74) is -0.0648. The predicted octanol–water partition coefficient (Wildman–Crippen LogP) is 2.39. The minimum atomic E-state index is -0.0648. The Kier molecular flexibility index (Phi) is 6.61. The lowest BCUT2D eigenvalue weighted by Gasteiger charge is -2.33. The fourth-order valence-electron chi connectivity index (χ4n) is 3.32. The van der Waals surface area contributed by atoms with Crippen LogP contribution in [-0.4, -0.2) is 47.8 Å². The van der Waals surface area contributed by atoms with E-state index in [0.717, 1.165) is 24.9 Å². The molecule has 1 heterocycles. The van der Waals surface area contributed by atoms with E-state index in [1.165, 1.54) is 32.2 Å². The van der Waals surface area contributed by atoms with Crippen molar-refractivity contribution in [3.63, 3.8) is 0 Å². The average Bonchev–Trinajstić information content (AvgIpc) is 2.76. The largest absolute Gasteiger partial charge is 0.394 e. The highest BCUT2D eigenvalue weighted by Crippen LogP contribution is 2.27. The van der Waals surface area contributed by atoms with Crippen LogP contribution >= 0.6 is 0 Å². The van der Waals surface area contributed by atoms with E-state index < -0.39 is 0 Å². The molecule has 1 saturated heterocycles. The third-order valence-electron chi connectivity index (χ3n) is 5.01. The zero-order valence-corrected chi connectivity index (χ0v) is 12.7. The van der Waals surface area contributed by atoms with Crippen LogP contribution < -0.4 is 5.32 Å². The van der Waals surface area contributed by atoms with Gasteiger partial charge in [-0.15, -0.1) is 0 Å². The molecule has 1 aliphatic rings. The van der Waals surface area contributed by atoms with E-state index in [-0.39, 0.29) is 12.1 Å². The zero-order valence-electron chi connectivity index (χ0n) is 12.7. The minimum absolute atomic E-state index is 0.0648. The van der Waals surface area contributed by atoms with Crippen molar-refractivity contribution in [3.8, 4) is 0 Å². The number of nitrogens with one attached hydrogen (secondary N) is 1. The molecule has 0 aromatic rings. The van der Waals surface area contributed by atoms with Gasteiger partial charge in [0.15, 0.2) is 0 Å². The lowest BCUT2D eigenvalue weighted by molar-refractivity contribution is 0.137. The number of hydrogen-bond donors (Lipinski definition) is 2. The van der Waals surface area contributed by atoms with Crippen LogP contribution in [0.3, 0.4) is 0 Å². The van der Waals surface area contributed by atoms with Crippen molar-refractivity contribution in [1.82, 2.24) is 10.2 Å². The highest BCUT2D eigenvalue weighted by atomic mass is 16.3. The standard InChI is InChI=1S/C15H32N2O/c1-5-14-9-8-13(3)17(14)11-7-10-15(6-2,12-18)16-4/h13-14,16,18H,5-12H2,1-4H3.